The molecule has 3 nitrogen and oxygen atoms in total. The van der Waals surface area contributed by atoms with Crippen LogP contribution < -0.4 is 0 Å². The van der Waals surface area contributed by atoms with Crippen molar-refractivity contribution in [1.29, 1.82) is 0 Å². The van der Waals surface area contributed by atoms with Gasteiger partial charge in [0, 0.05) is 11.9 Å². The van der Waals surface area contributed by atoms with E-state index in [0.29, 0.717) is 24.8 Å². The van der Waals surface area contributed by atoms with Gasteiger partial charge in [-0.1, -0.05) is 35.4 Å². The van der Waals surface area contributed by atoms with Crippen molar-refractivity contribution in [2.24, 2.45) is 11.8 Å². The van der Waals surface area contributed by atoms with E-state index < -0.39 is 21.1 Å². The van der Waals surface area contributed by atoms with Crippen LogP contribution in [0.25, 0.3) is 0 Å². The molecule has 0 spiro atoms. The second kappa shape index (κ2) is 10.4. The first-order chi connectivity index (χ1) is 11.3. The fraction of sp³-hybridized carbons (Fsp3) is 0.667. The maximum absolute atomic E-state index is 12.1. The number of hydrogen-bond donors (Lipinski definition) is 0. The van der Waals surface area contributed by atoms with E-state index in [-0.39, 0.29) is 42.5 Å². The number of hydrogen-bond acceptors (Lipinski definition) is 3. The molecule has 0 N–H and O–H groups in total. The molecule has 0 radical (unpaired) electrons. The zero-order chi connectivity index (χ0) is 19.6. The maximum atomic E-state index is 12.1. The molecule has 1 fully saturated rings. The molecule has 0 aromatic carbocycles. The summed E-state index contributed by atoms with van der Waals surface area (Å²) in [5.74, 6) is -1.19. The Morgan fingerprint density at radius 2 is 1.38 bits per heavy atom. The van der Waals surface area contributed by atoms with Crippen LogP contribution in [0.1, 0.15) is 12.8 Å². The van der Waals surface area contributed by atoms with Crippen LogP contribution in [0.2, 0.25) is 0 Å². The van der Waals surface area contributed by atoms with Crippen molar-refractivity contribution in [3.63, 3.8) is 0 Å². The molecule has 26 heavy (non-hydrogen) atoms. The number of amides is 2. The van der Waals surface area contributed by atoms with Gasteiger partial charge in [0.15, 0.2) is 4.84 Å². The second-order valence-electron chi connectivity index (χ2n) is 4.92. The number of carbonyl (C=O) groups is 2. The van der Waals surface area contributed by atoms with Gasteiger partial charge in [0.05, 0.1) is 11.8 Å². The minimum absolute atomic E-state index is 0. The minimum atomic E-state index is -5.33. The molecule has 0 aromatic heterocycles. The molecule has 2 aliphatic rings. The van der Waals surface area contributed by atoms with Gasteiger partial charge in [0.2, 0.25) is 15.5 Å². The van der Waals surface area contributed by atoms with E-state index in [4.69, 9.17) is 46.4 Å². The number of imide groups is 1. The van der Waals surface area contributed by atoms with Crippen molar-refractivity contribution in [1.82, 2.24) is 4.31 Å². The van der Waals surface area contributed by atoms with Crippen LogP contribution >= 0.6 is 58.4 Å². The van der Waals surface area contributed by atoms with Gasteiger partial charge in [-0.05, 0) is 12.8 Å². The van der Waals surface area contributed by atoms with Gasteiger partial charge in [-0.2, -0.15) is 13.2 Å². The molecular formula is C12H11Cl4F5LiNO2S. The van der Waals surface area contributed by atoms with E-state index in [9.17, 15) is 31.5 Å². The van der Waals surface area contributed by atoms with Gasteiger partial charge in [0.25, 0.3) is 0 Å². The van der Waals surface area contributed by atoms with Crippen LogP contribution in [-0.2, 0) is 9.59 Å². The number of carbonyl (C=O) groups excluding carboxylic acids is 2. The zero-order valence-corrected chi connectivity index (χ0v) is 15.8. The molecule has 1 aliphatic carbocycles. The van der Waals surface area contributed by atoms with Crippen LogP contribution in [0.3, 0.4) is 0 Å². The van der Waals surface area contributed by atoms with Crippen molar-refractivity contribution < 1.29 is 31.5 Å². The predicted molar refractivity (Wildman–Crippen MR) is 93.9 cm³/mol. The Hall–Kier alpha value is 0.637. The quantitative estimate of drug-likeness (QED) is 0.148. The van der Waals surface area contributed by atoms with Gasteiger partial charge in [-0.25, -0.2) is 13.1 Å². The SMILES string of the molecule is FC(F)C(F)(F)F.O=C1C2CC=CCC2C(=O)N1SC(Cl)(Cl)C(Cl)Cl.[LiH]. The summed E-state index contributed by atoms with van der Waals surface area (Å²) in [6.45, 7) is 0. The molecule has 14 heteroatoms. The zero-order valence-electron chi connectivity index (χ0n) is 12.0. The summed E-state index contributed by atoms with van der Waals surface area (Å²) in [6, 6.07) is 0. The van der Waals surface area contributed by atoms with Gasteiger partial charge < -0.3 is 0 Å². The Morgan fingerprint density at radius 1 is 1.04 bits per heavy atom. The third-order valence-corrected chi connectivity index (χ3v) is 6.41. The standard InChI is InChI=1S/C10H9Cl4NO2S.C2HF5.Li.H/c11-9(12)10(13,14)18-15-7(16)5-3-1-2-4-6(5)8(15)17;3-1(4)2(5,6)7;;/h1-2,5-6,9H,3-4H2;1H;;. The Balaban J connectivity index is 0.000000673. The molecule has 2 rings (SSSR count). The second-order valence-corrected chi connectivity index (χ2v) is 9.04. The number of nitrogens with zero attached hydrogens (tertiary/aromatic N) is 1. The van der Waals surface area contributed by atoms with E-state index in [1.165, 1.54) is 0 Å². The molecule has 2 atom stereocenters. The van der Waals surface area contributed by atoms with Crippen LogP contribution in [0.5, 0.6) is 0 Å². The van der Waals surface area contributed by atoms with Gasteiger partial charge >= 0.3 is 31.5 Å². The summed E-state index contributed by atoms with van der Waals surface area (Å²) in [5.41, 5.74) is 0. The summed E-state index contributed by atoms with van der Waals surface area (Å²) in [4.78, 5) is 23.1. The third kappa shape index (κ3) is 6.91. The number of rotatable bonds is 3. The monoisotopic (exact) mass is 475 g/mol. The summed E-state index contributed by atoms with van der Waals surface area (Å²) < 4.78 is 51.5. The van der Waals surface area contributed by atoms with E-state index in [1.54, 1.807) is 0 Å². The molecule has 0 bridgehead atoms. The summed E-state index contributed by atoms with van der Waals surface area (Å²) in [6.07, 6.45) is -4.60. The average Bonchev–Trinajstić information content (AvgIpc) is 2.72. The molecular weight excluding hydrogens is 466 g/mol. The normalized spacial score (nSPS) is 23.0. The van der Waals surface area contributed by atoms with Crippen molar-refractivity contribution in [3.8, 4) is 0 Å². The molecule has 1 aliphatic heterocycles. The Bertz CT molecular complexity index is 524. The molecule has 2 amide bonds. The summed E-state index contributed by atoms with van der Waals surface area (Å²) in [5, 5.41) is 0. The Kier molecular flexibility index (Phi) is 10.7. The van der Waals surface area contributed by atoms with Crippen molar-refractivity contribution >= 4 is 89.0 Å². The van der Waals surface area contributed by atoms with E-state index >= 15 is 0 Å². The third-order valence-electron chi connectivity index (χ3n) is 3.18. The van der Waals surface area contributed by atoms with E-state index in [2.05, 4.69) is 0 Å². The molecule has 1 heterocycles. The Morgan fingerprint density at radius 3 is 1.65 bits per heavy atom. The number of fused-ring (bicyclic) bond motifs is 1. The first kappa shape index (κ1) is 26.6. The molecule has 2 unspecified atom stereocenters. The van der Waals surface area contributed by atoms with Gasteiger partial charge in [-0.3, -0.25) is 9.59 Å². The van der Waals surface area contributed by atoms with Crippen LogP contribution in [-0.4, -0.2) is 56.1 Å². The van der Waals surface area contributed by atoms with E-state index in [1.807, 2.05) is 12.2 Å². The van der Waals surface area contributed by atoms with Gasteiger partial charge in [0.1, 0.15) is 0 Å². The van der Waals surface area contributed by atoms with Crippen LogP contribution in [0, 0.1) is 11.8 Å². The summed E-state index contributed by atoms with van der Waals surface area (Å²) in [7, 11) is 0. The fourth-order valence-corrected chi connectivity index (χ4v) is 3.45. The first-order valence-electron chi connectivity index (χ1n) is 6.51. The fourth-order valence-electron chi connectivity index (χ4n) is 2.02. The Labute approximate surface area is 182 Å². The van der Waals surface area contributed by atoms with Crippen molar-refractivity contribution in [3.05, 3.63) is 12.2 Å². The van der Waals surface area contributed by atoms with E-state index in [0.717, 1.165) is 4.31 Å². The molecule has 0 aromatic rings. The van der Waals surface area contributed by atoms with Crippen molar-refractivity contribution in [2.75, 3.05) is 0 Å². The molecule has 146 valence electrons. The average molecular weight is 477 g/mol. The van der Waals surface area contributed by atoms with Crippen LogP contribution in [0.4, 0.5) is 22.0 Å². The number of alkyl halides is 9. The summed E-state index contributed by atoms with van der Waals surface area (Å²) >= 11 is 23.7. The molecule has 1 saturated heterocycles. The first-order valence-corrected chi connectivity index (χ1v) is 8.92. The molecule has 0 saturated carbocycles. The number of halogens is 9. The van der Waals surface area contributed by atoms with Crippen molar-refractivity contribution in [2.45, 2.75) is 33.9 Å². The topological polar surface area (TPSA) is 37.4 Å². The predicted octanol–water partition coefficient (Wildman–Crippen LogP) is 4.69. The number of allylic oxidation sites excluding steroid dienone is 2. The van der Waals surface area contributed by atoms with Crippen LogP contribution in [0.15, 0.2) is 12.2 Å². The van der Waals surface area contributed by atoms with Gasteiger partial charge in [-0.15, -0.1) is 23.2 Å².